The van der Waals surface area contributed by atoms with Gasteiger partial charge in [0.05, 0.1) is 4.90 Å². The van der Waals surface area contributed by atoms with Crippen molar-refractivity contribution >= 4 is 15.9 Å². The number of benzene rings is 1. The summed E-state index contributed by atoms with van der Waals surface area (Å²) in [6.45, 7) is 8.10. The number of likely N-dealkylation sites (N-methyl/N-ethyl adjacent to an activating group) is 1. The van der Waals surface area contributed by atoms with Gasteiger partial charge in [0.25, 0.3) is 0 Å². The van der Waals surface area contributed by atoms with Crippen LogP contribution in [0.3, 0.4) is 0 Å². The summed E-state index contributed by atoms with van der Waals surface area (Å²) in [6, 6.07) is 2.81. The number of nitrogens with one attached hydrogen (secondary N) is 1. The molecule has 1 aromatic carbocycles. The van der Waals surface area contributed by atoms with E-state index < -0.39 is 21.9 Å². The van der Waals surface area contributed by atoms with Gasteiger partial charge in [-0.05, 0) is 50.1 Å². The first-order valence-electron chi connectivity index (χ1n) is 8.86. The van der Waals surface area contributed by atoms with E-state index in [9.17, 15) is 17.6 Å². The van der Waals surface area contributed by atoms with E-state index in [1.54, 1.807) is 4.90 Å². The lowest BCUT2D eigenvalue weighted by molar-refractivity contribution is -0.135. The summed E-state index contributed by atoms with van der Waals surface area (Å²) in [5.74, 6) is -0.514. The number of sulfonamides is 1. The Morgan fingerprint density at radius 1 is 1.23 bits per heavy atom. The van der Waals surface area contributed by atoms with Gasteiger partial charge in [-0.25, -0.2) is 12.8 Å². The van der Waals surface area contributed by atoms with Gasteiger partial charge in [-0.15, -0.1) is 0 Å². The first-order valence-corrected chi connectivity index (χ1v) is 10.3. The van der Waals surface area contributed by atoms with E-state index in [4.69, 9.17) is 0 Å². The molecule has 0 radical (unpaired) electrons. The highest BCUT2D eigenvalue weighted by Crippen LogP contribution is 2.17. The van der Waals surface area contributed by atoms with Crippen molar-refractivity contribution in [2.75, 3.05) is 33.2 Å². The topological polar surface area (TPSA) is 69.7 Å². The molecule has 1 heterocycles. The molecule has 8 heteroatoms. The lowest BCUT2D eigenvalue weighted by Gasteiger charge is -2.35. The lowest BCUT2D eigenvalue weighted by atomic mass is 10.0. The quantitative estimate of drug-likeness (QED) is 0.808. The van der Waals surface area contributed by atoms with E-state index in [0.29, 0.717) is 19.5 Å². The molecule has 1 fully saturated rings. The first-order chi connectivity index (χ1) is 12.1. The highest BCUT2D eigenvalue weighted by molar-refractivity contribution is 7.89. The van der Waals surface area contributed by atoms with Crippen molar-refractivity contribution in [2.24, 2.45) is 5.92 Å². The summed E-state index contributed by atoms with van der Waals surface area (Å²) in [7, 11) is -1.92. The van der Waals surface area contributed by atoms with E-state index in [0.717, 1.165) is 19.2 Å². The van der Waals surface area contributed by atoms with Gasteiger partial charge < -0.3 is 9.80 Å². The Hall–Kier alpha value is -1.51. The molecule has 1 saturated heterocycles. The van der Waals surface area contributed by atoms with Crippen LogP contribution in [-0.2, 0) is 14.8 Å². The molecule has 0 spiro atoms. The summed E-state index contributed by atoms with van der Waals surface area (Å²) in [6.07, 6.45) is 0.407. The van der Waals surface area contributed by atoms with Gasteiger partial charge in [0, 0.05) is 26.2 Å². The Balaban J connectivity index is 2.20. The van der Waals surface area contributed by atoms with Crippen molar-refractivity contribution in [3.8, 4) is 0 Å². The van der Waals surface area contributed by atoms with Crippen molar-refractivity contribution in [1.82, 2.24) is 14.5 Å². The van der Waals surface area contributed by atoms with Gasteiger partial charge in [0.2, 0.25) is 15.9 Å². The lowest BCUT2D eigenvalue weighted by Crippen LogP contribution is -2.54. The third-order valence-corrected chi connectivity index (χ3v) is 6.03. The van der Waals surface area contributed by atoms with Gasteiger partial charge in [0.1, 0.15) is 11.9 Å². The predicted molar refractivity (Wildman–Crippen MR) is 98.8 cm³/mol. The van der Waals surface area contributed by atoms with Crippen LogP contribution < -0.4 is 4.72 Å². The third-order valence-electron chi connectivity index (χ3n) is 4.56. The van der Waals surface area contributed by atoms with E-state index in [1.165, 1.54) is 19.1 Å². The smallest absolute Gasteiger partial charge is 0.241 e. The van der Waals surface area contributed by atoms with Gasteiger partial charge in [-0.1, -0.05) is 13.8 Å². The fraction of sp³-hybridized carbons (Fsp3) is 0.611. The highest BCUT2D eigenvalue weighted by atomic mass is 32.2. The van der Waals surface area contributed by atoms with E-state index in [1.807, 2.05) is 20.9 Å². The minimum Gasteiger partial charge on any atom is -0.339 e. The zero-order chi connectivity index (χ0) is 19.5. The second-order valence-electron chi connectivity index (χ2n) is 7.34. The number of piperazine rings is 1. The van der Waals surface area contributed by atoms with Crippen LogP contribution in [0.2, 0.25) is 0 Å². The number of halogens is 1. The Morgan fingerprint density at radius 2 is 1.85 bits per heavy atom. The fourth-order valence-electron chi connectivity index (χ4n) is 2.96. The molecular formula is C18H28FN3O3S. The molecule has 1 amide bonds. The van der Waals surface area contributed by atoms with Gasteiger partial charge >= 0.3 is 0 Å². The van der Waals surface area contributed by atoms with Gasteiger partial charge in [0.15, 0.2) is 0 Å². The molecule has 1 aliphatic heterocycles. The Bertz CT molecular complexity index is 744. The number of carbonyl (C=O) groups is 1. The van der Waals surface area contributed by atoms with Crippen LogP contribution in [0.5, 0.6) is 0 Å². The molecule has 0 saturated carbocycles. The maximum Gasteiger partial charge on any atom is 0.241 e. The van der Waals surface area contributed by atoms with Crippen LogP contribution >= 0.6 is 0 Å². The van der Waals surface area contributed by atoms with Crippen LogP contribution in [0.4, 0.5) is 4.39 Å². The minimum absolute atomic E-state index is 0.0312. The summed E-state index contributed by atoms with van der Waals surface area (Å²) in [5.41, 5.74) is 0.249. The van der Waals surface area contributed by atoms with Gasteiger partial charge in [-0.3, -0.25) is 4.79 Å². The Labute approximate surface area is 155 Å². The predicted octanol–water partition coefficient (Wildman–Crippen LogP) is 1.60. The highest BCUT2D eigenvalue weighted by Gasteiger charge is 2.31. The zero-order valence-corrected chi connectivity index (χ0v) is 16.6. The van der Waals surface area contributed by atoms with Crippen molar-refractivity contribution in [2.45, 2.75) is 38.1 Å². The molecule has 0 unspecified atom stereocenters. The summed E-state index contributed by atoms with van der Waals surface area (Å²) < 4.78 is 41.4. The molecule has 2 rings (SSSR count). The molecule has 0 bridgehead atoms. The van der Waals surface area contributed by atoms with E-state index >= 15 is 0 Å². The van der Waals surface area contributed by atoms with Crippen LogP contribution in [0.15, 0.2) is 23.1 Å². The average Bonchev–Trinajstić information content (AvgIpc) is 2.56. The van der Waals surface area contributed by atoms with E-state index in [-0.39, 0.29) is 22.3 Å². The molecule has 26 heavy (non-hydrogen) atoms. The molecule has 0 aliphatic carbocycles. The maximum atomic E-state index is 13.4. The molecule has 146 valence electrons. The summed E-state index contributed by atoms with van der Waals surface area (Å²) >= 11 is 0. The van der Waals surface area contributed by atoms with Crippen LogP contribution in [0.1, 0.15) is 25.8 Å². The van der Waals surface area contributed by atoms with Crippen LogP contribution in [0, 0.1) is 18.7 Å². The standard InChI is InChI=1S/C18H28FN3O3S/c1-13(2)11-17(18(23)22-9-7-21(4)8-10-22)20-26(24,25)15-5-6-16(19)14(3)12-15/h5-6,12-13,17,20H,7-11H2,1-4H3/t17-/m0/s1. The van der Waals surface area contributed by atoms with Crippen LogP contribution in [0.25, 0.3) is 0 Å². The number of amides is 1. The first kappa shape index (κ1) is 20.8. The molecule has 1 aromatic rings. The minimum atomic E-state index is -3.91. The normalized spacial score (nSPS) is 17.5. The second kappa shape index (κ2) is 8.45. The van der Waals surface area contributed by atoms with Gasteiger partial charge in [-0.2, -0.15) is 4.72 Å². The Morgan fingerprint density at radius 3 is 2.38 bits per heavy atom. The number of hydrogen-bond donors (Lipinski definition) is 1. The summed E-state index contributed by atoms with van der Waals surface area (Å²) in [5, 5.41) is 0. The average molecular weight is 386 g/mol. The Kier molecular flexibility index (Phi) is 6.76. The van der Waals surface area contributed by atoms with Crippen molar-refractivity contribution < 1.29 is 17.6 Å². The molecule has 6 nitrogen and oxygen atoms in total. The number of hydrogen-bond acceptors (Lipinski definition) is 4. The largest absolute Gasteiger partial charge is 0.339 e. The number of aryl methyl sites for hydroxylation is 1. The van der Waals surface area contributed by atoms with Crippen LogP contribution in [-0.4, -0.2) is 63.4 Å². The second-order valence-corrected chi connectivity index (χ2v) is 9.06. The monoisotopic (exact) mass is 385 g/mol. The number of nitrogens with zero attached hydrogens (tertiary/aromatic N) is 2. The van der Waals surface area contributed by atoms with Crippen molar-refractivity contribution in [3.05, 3.63) is 29.6 Å². The summed E-state index contributed by atoms with van der Waals surface area (Å²) in [4.78, 5) is 16.7. The third kappa shape index (κ3) is 5.25. The fourth-order valence-corrected chi connectivity index (χ4v) is 4.24. The molecule has 1 N–H and O–H groups in total. The number of carbonyl (C=O) groups excluding carboxylic acids is 1. The molecule has 1 atom stereocenters. The number of rotatable bonds is 6. The van der Waals surface area contributed by atoms with E-state index in [2.05, 4.69) is 9.62 Å². The van der Waals surface area contributed by atoms with Crippen molar-refractivity contribution in [1.29, 1.82) is 0 Å². The SMILES string of the molecule is Cc1cc(S(=O)(=O)N[C@@H](CC(C)C)C(=O)N2CCN(C)CC2)ccc1F. The van der Waals surface area contributed by atoms with Crippen molar-refractivity contribution in [3.63, 3.8) is 0 Å². The zero-order valence-electron chi connectivity index (χ0n) is 15.8. The molecule has 0 aromatic heterocycles. The molecule has 1 aliphatic rings. The molecular weight excluding hydrogens is 357 g/mol. The maximum absolute atomic E-state index is 13.4.